The van der Waals surface area contributed by atoms with Crippen LogP contribution < -0.4 is 9.47 Å². The van der Waals surface area contributed by atoms with Crippen LogP contribution in [0.4, 0.5) is 0 Å². The van der Waals surface area contributed by atoms with Crippen molar-refractivity contribution in [1.29, 1.82) is 0 Å². The van der Waals surface area contributed by atoms with Crippen LogP contribution in [-0.4, -0.2) is 37.2 Å². The SMILES string of the molecule is COc1ccc(C2=C(C)SCC3(CSC(C)=C(c4ccc(OC)cc4)SC3)CS2)cc1. The van der Waals surface area contributed by atoms with Gasteiger partial charge < -0.3 is 9.47 Å². The minimum absolute atomic E-state index is 0.315. The average Bonchev–Trinajstić information content (AvgIpc) is 3.08. The van der Waals surface area contributed by atoms with Crippen LogP contribution in [0, 0.1) is 5.41 Å². The van der Waals surface area contributed by atoms with E-state index in [1.165, 1.54) is 42.3 Å². The second kappa shape index (κ2) is 10.2. The van der Waals surface area contributed by atoms with E-state index < -0.39 is 0 Å². The molecule has 0 atom stereocenters. The van der Waals surface area contributed by atoms with Gasteiger partial charge in [0.2, 0.25) is 0 Å². The topological polar surface area (TPSA) is 18.5 Å². The van der Waals surface area contributed by atoms with E-state index in [0.717, 1.165) is 23.0 Å². The van der Waals surface area contributed by atoms with E-state index in [-0.39, 0.29) is 0 Å². The molecule has 0 bridgehead atoms. The minimum Gasteiger partial charge on any atom is -0.497 e. The van der Waals surface area contributed by atoms with Crippen molar-refractivity contribution < 1.29 is 9.47 Å². The third-order valence-corrected chi connectivity index (χ3v) is 11.8. The highest BCUT2D eigenvalue weighted by Crippen LogP contribution is 2.52. The smallest absolute Gasteiger partial charge is 0.118 e. The van der Waals surface area contributed by atoms with Crippen LogP contribution in [0.1, 0.15) is 25.0 Å². The lowest BCUT2D eigenvalue weighted by molar-refractivity contribution is 0.414. The summed E-state index contributed by atoms with van der Waals surface area (Å²) < 4.78 is 10.7. The summed E-state index contributed by atoms with van der Waals surface area (Å²) in [6.45, 7) is 4.55. The molecule has 0 amide bonds. The van der Waals surface area contributed by atoms with Gasteiger partial charge in [-0.15, -0.1) is 47.0 Å². The third kappa shape index (κ3) is 5.29. The Kier molecular flexibility index (Phi) is 7.63. The Balaban J connectivity index is 1.49. The van der Waals surface area contributed by atoms with Gasteiger partial charge in [0.1, 0.15) is 11.5 Å². The Morgan fingerprint density at radius 3 is 1.29 bits per heavy atom. The van der Waals surface area contributed by atoms with Crippen LogP contribution in [-0.2, 0) is 0 Å². The maximum Gasteiger partial charge on any atom is 0.118 e. The van der Waals surface area contributed by atoms with Crippen molar-refractivity contribution in [2.24, 2.45) is 5.41 Å². The Bertz CT molecular complexity index is 896. The van der Waals surface area contributed by atoms with Crippen LogP contribution in [0.2, 0.25) is 0 Å². The molecule has 0 radical (unpaired) electrons. The molecular weight excluding hydrogens is 461 g/mol. The molecule has 164 valence electrons. The molecule has 2 heterocycles. The van der Waals surface area contributed by atoms with Crippen molar-refractivity contribution in [3.63, 3.8) is 0 Å². The summed E-state index contributed by atoms with van der Waals surface area (Å²) in [6, 6.07) is 17.0. The number of rotatable bonds is 4. The molecule has 2 aliphatic heterocycles. The highest BCUT2D eigenvalue weighted by atomic mass is 32.2. The number of methoxy groups -OCH3 is 2. The summed E-state index contributed by atoms with van der Waals surface area (Å²) in [5.41, 5.74) is 2.92. The summed E-state index contributed by atoms with van der Waals surface area (Å²) in [5.74, 6) is 6.48. The monoisotopic (exact) mass is 488 g/mol. The van der Waals surface area contributed by atoms with Crippen molar-refractivity contribution in [2.45, 2.75) is 13.8 Å². The van der Waals surface area contributed by atoms with E-state index in [1.54, 1.807) is 14.2 Å². The first-order chi connectivity index (χ1) is 15.0. The van der Waals surface area contributed by atoms with Gasteiger partial charge in [0.05, 0.1) is 14.2 Å². The third-order valence-electron chi connectivity index (χ3n) is 5.58. The molecule has 2 aliphatic rings. The van der Waals surface area contributed by atoms with Gasteiger partial charge in [-0.3, -0.25) is 0 Å². The van der Waals surface area contributed by atoms with Crippen molar-refractivity contribution in [1.82, 2.24) is 0 Å². The molecule has 0 fully saturated rings. The molecule has 6 heteroatoms. The zero-order valence-electron chi connectivity index (χ0n) is 18.4. The first kappa shape index (κ1) is 23.1. The van der Waals surface area contributed by atoms with E-state index in [2.05, 4.69) is 62.4 Å². The van der Waals surface area contributed by atoms with Gasteiger partial charge in [-0.05, 0) is 59.1 Å². The van der Waals surface area contributed by atoms with E-state index in [0.29, 0.717) is 5.41 Å². The molecule has 31 heavy (non-hydrogen) atoms. The van der Waals surface area contributed by atoms with Crippen LogP contribution in [0.5, 0.6) is 11.5 Å². The molecule has 2 nitrogen and oxygen atoms in total. The van der Waals surface area contributed by atoms with Crippen molar-refractivity contribution >= 4 is 56.9 Å². The highest BCUT2D eigenvalue weighted by Gasteiger charge is 2.36. The second-order valence-electron chi connectivity index (χ2n) is 7.88. The molecule has 0 aliphatic carbocycles. The van der Waals surface area contributed by atoms with Gasteiger partial charge in [-0.25, -0.2) is 0 Å². The Hall–Kier alpha value is -1.08. The number of hydrogen-bond acceptors (Lipinski definition) is 6. The summed E-state index contributed by atoms with van der Waals surface area (Å²) in [5, 5.41) is 0. The van der Waals surface area contributed by atoms with Crippen molar-refractivity contribution in [2.75, 3.05) is 37.2 Å². The van der Waals surface area contributed by atoms with Crippen LogP contribution in [0.15, 0.2) is 58.3 Å². The normalized spacial score (nSPS) is 19.2. The molecule has 0 saturated carbocycles. The summed E-state index contributed by atoms with van der Waals surface area (Å²) >= 11 is 8.14. The molecule has 2 aromatic carbocycles. The fourth-order valence-corrected chi connectivity index (χ4v) is 9.78. The van der Waals surface area contributed by atoms with Gasteiger partial charge in [0.25, 0.3) is 0 Å². The number of thioether (sulfide) groups is 4. The second-order valence-corrected chi connectivity index (χ2v) is 12.2. The zero-order chi connectivity index (χ0) is 21.8. The highest BCUT2D eigenvalue weighted by molar-refractivity contribution is 8.13. The van der Waals surface area contributed by atoms with E-state index >= 15 is 0 Å². The number of ether oxygens (including phenoxy) is 2. The fourth-order valence-electron chi connectivity index (χ4n) is 3.62. The van der Waals surface area contributed by atoms with Crippen LogP contribution in [0.3, 0.4) is 0 Å². The quantitative estimate of drug-likeness (QED) is 0.435. The molecule has 0 saturated heterocycles. The summed E-state index contributed by atoms with van der Waals surface area (Å²) in [6.07, 6.45) is 0. The van der Waals surface area contributed by atoms with Gasteiger partial charge >= 0.3 is 0 Å². The maximum absolute atomic E-state index is 5.34. The molecule has 0 N–H and O–H groups in total. The molecule has 0 aromatic heterocycles. The Morgan fingerprint density at radius 2 is 0.935 bits per heavy atom. The largest absolute Gasteiger partial charge is 0.497 e. The van der Waals surface area contributed by atoms with E-state index in [1.807, 2.05) is 47.0 Å². The maximum atomic E-state index is 5.34. The van der Waals surface area contributed by atoms with Crippen LogP contribution in [0.25, 0.3) is 9.81 Å². The Labute approximate surface area is 203 Å². The number of benzene rings is 2. The standard InChI is InChI=1S/C25H28O2S4/c1-17-23(19-5-9-21(26-3)10-6-19)30-15-25(13-28-17)14-29-18(2)24(31-16-25)20-7-11-22(27-4)12-8-20/h5-12H,13-16H2,1-4H3. The predicted octanol–water partition coefficient (Wildman–Crippen LogP) is 7.73. The van der Waals surface area contributed by atoms with Crippen LogP contribution >= 0.6 is 47.0 Å². The molecular formula is C25H28O2S4. The Morgan fingerprint density at radius 1 is 0.581 bits per heavy atom. The van der Waals surface area contributed by atoms with E-state index in [9.17, 15) is 0 Å². The molecule has 1 spiro atoms. The number of allylic oxidation sites excluding steroid dienone is 2. The first-order valence-corrected chi connectivity index (χ1v) is 14.2. The lowest BCUT2D eigenvalue weighted by Gasteiger charge is -2.30. The lowest BCUT2D eigenvalue weighted by atomic mass is 9.99. The molecule has 4 rings (SSSR count). The summed E-state index contributed by atoms with van der Waals surface area (Å²) in [7, 11) is 3.44. The molecule has 2 aromatic rings. The average molecular weight is 489 g/mol. The molecule has 0 unspecified atom stereocenters. The van der Waals surface area contributed by atoms with Gasteiger partial charge in [-0.1, -0.05) is 24.3 Å². The number of hydrogen-bond donors (Lipinski definition) is 0. The van der Waals surface area contributed by atoms with Gasteiger partial charge in [0.15, 0.2) is 0 Å². The van der Waals surface area contributed by atoms with Crippen molar-refractivity contribution in [3.8, 4) is 11.5 Å². The minimum atomic E-state index is 0.315. The lowest BCUT2D eigenvalue weighted by Crippen LogP contribution is -2.31. The van der Waals surface area contributed by atoms with Gasteiger partial charge in [-0.2, -0.15) is 0 Å². The zero-order valence-corrected chi connectivity index (χ0v) is 21.7. The summed E-state index contributed by atoms with van der Waals surface area (Å²) in [4.78, 5) is 5.71. The van der Waals surface area contributed by atoms with E-state index in [4.69, 9.17) is 9.47 Å². The first-order valence-electron chi connectivity index (χ1n) is 10.3. The fraction of sp³-hybridized carbons (Fsp3) is 0.360. The predicted molar refractivity (Wildman–Crippen MR) is 143 cm³/mol. The van der Waals surface area contributed by atoms with Crippen molar-refractivity contribution in [3.05, 3.63) is 69.5 Å². The van der Waals surface area contributed by atoms with Gasteiger partial charge in [0, 0.05) is 38.2 Å².